The van der Waals surface area contributed by atoms with Gasteiger partial charge >= 0.3 is 0 Å². The van der Waals surface area contributed by atoms with E-state index in [9.17, 15) is 0 Å². The lowest BCUT2D eigenvalue weighted by molar-refractivity contribution is 0.0929. The molecular formula is C15H22O. The monoisotopic (exact) mass is 218 g/mol. The van der Waals surface area contributed by atoms with Crippen LogP contribution in [0.1, 0.15) is 44.9 Å². The highest BCUT2D eigenvalue weighted by atomic mass is 16.5. The van der Waals surface area contributed by atoms with Crippen LogP contribution in [-0.4, -0.2) is 12.7 Å². The van der Waals surface area contributed by atoms with Crippen molar-refractivity contribution in [2.24, 2.45) is 0 Å². The molecule has 0 aromatic heterocycles. The van der Waals surface area contributed by atoms with Gasteiger partial charge in [-0.3, -0.25) is 0 Å². The third kappa shape index (κ3) is 3.97. The largest absolute Gasteiger partial charge is 0.370 e. The van der Waals surface area contributed by atoms with E-state index in [-0.39, 0.29) is 0 Å². The molecule has 0 saturated heterocycles. The van der Waals surface area contributed by atoms with Crippen LogP contribution in [0.3, 0.4) is 0 Å². The zero-order chi connectivity index (χ0) is 11.1. The normalized spacial score (nSPS) is 26.0. The fourth-order valence-electron chi connectivity index (χ4n) is 2.25. The highest BCUT2D eigenvalue weighted by Gasteiger charge is 2.08. The van der Waals surface area contributed by atoms with E-state index in [1.54, 1.807) is 0 Å². The molecule has 0 aliphatic heterocycles. The molecule has 0 radical (unpaired) electrons. The average Bonchev–Trinajstić information content (AvgIpc) is 2.29. The smallest absolute Gasteiger partial charge is 0.0760 e. The van der Waals surface area contributed by atoms with Gasteiger partial charge in [-0.2, -0.15) is 0 Å². The third-order valence-corrected chi connectivity index (χ3v) is 3.29. The van der Waals surface area contributed by atoms with Gasteiger partial charge in [0.25, 0.3) is 0 Å². The van der Waals surface area contributed by atoms with Crippen molar-refractivity contribution in [1.82, 2.24) is 0 Å². The number of rotatable bonds is 3. The Morgan fingerprint density at radius 3 is 3.00 bits per heavy atom. The predicted octanol–water partition coefficient (Wildman–Crippen LogP) is 4.17. The van der Waals surface area contributed by atoms with Gasteiger partial charge in [0.15, 0.2) is 0 Å². The molecule has 1 unspecified atom stereocenters. The van der Waals surface area contributed by atoms with Gasteiger partial charge in [0.05, 0.1) is 12.7 Å². The first-order chi connectivity index (χ1) is 7.95. The van der Waals surface area contributed by atoms with Gasteiger partial charge in [-0.1, -0.05) is 43.2 Å². The van der Waals surface area contributed by atoms with E-state index in [4.69, 9.17) is 4.74 Å². The van der Waals surface area contributed by atoms with E-state index in [2.05, 4.69) is 30.4 Å². The molecule has 1 atom stereocenters. The zero-order valence-corrected chi connectivity index (χ0v) is 10.0. The molecule has 0 aromatic rings. The fraction of sp³-hybridized carbons (Fsp3) is 0.600. The second-order valence-electron chi connectivity index (χ2n) is 4.71. The molecule has 0 spiro atoms. The van der Waals surface area contributed by atoms with Gasteiger partial charge in [0, 0.05) is 0 Å². The SMILES string of the molecule is C1=CCCC(COC2C=CCCCCC2)=C1. The minimum absolute atomic E-state index is 0.354. The maximum absolute atomic E-state index is 5.97. The summed E-state index contributed by atoms with van der Waals surface area (Å²) in [4.78, 5) is 0. The molecular weight excluding hydrogens is 196 g/mol. The quantitative estimate of drug-likeness (QED) is 0.646. The van der Waals surface area contributed by atoms with Crippen LogP contribution >= 0.6 is 0 Å². The molecule has 16 heavy (non-hydrogen) atoms. The summed E-state index contributed by atoms with van der Waals surface area (Å²) in [7, 11) is 0. The van der Waals surface area contributed by atoms with E-state index < -0.39 is 0 Å². The number of hydrogen-bond donors (Lipinski definition) is 0. The Labute approximate surface area is 98.9 Å². The van der Waals surface area contributed by atoms with Gasteiger partial charge in [-0.15, -0.1) is 0 Å². The van der Waals surface area contributed by atoms with Crippen molar-refractivity contribution in [2.75, 3.05) is 6.61 Å². The van der Waals surface area contributed by atoms with E-state index in [1.165, 1.54) is 50.5 Å². The van der Waals surface area contributed by atoms with Crippen LogP contribution in [0.4, 0.5) is 0 Å². The molecule has 0 heterocycles. The Kier molecular flexibility index (Phi) is 4.88. The highest BCUT2D eigenvalue weighted by molar-refractivity contribution is 5.17. The molecule has 0 saturated carbocycles. The lowest BCUT2D eigenvalue weighted by Crippen LogP contribution is -2.13. The van der Waals surface area contributed by atoms with Crippen molar-refractivity contribution in [3.63, 3.8) is 0 Å². The van der Waals surface area contributed by atoms with Crippen LogP contribution in [-0.2, 0) is 4.74 Å². The van der Waals surface area contributed by atoms with Crippen molar-refractivity contribution in [2.45, 2.75) is 51.0 Å². The first-order valence-corrected chi connectivity index (χ1v) is 6.58. The van der Waals surface area contributed by atoms with Gasteiger partial charge in [-0.05, 0) is 37.7 Å². The summed E-state index contributed by atoms with van der Waals surface area (Å²) < 4.78 is 5.97. The van der Waals surface area contributed by atoms with E-state index in [1.807, 2.05) is 0 Å². The lowest BCUT2D eigenvalue weighted by Gasteiger charge is -2.18. The fourth-order valence-corrected chi connectivity index (χ4v) is 2.25. The molecule has 2 rings (SSSR count). The molecule has 0 aromatic carbocycles. The summed E-state index contributed by atoms with van der Waals surface area (Å²) in [5, 5.41) is 0. The van der Waals surface area contributed by atoms with Crippen LogP contribution in [0.25, 0.3) is 0 Å². The van der Waals surface area contributed by atoms with E-state index >= 15 is 0 Å². The van der Waals surface area contributed by atoms with Crippen molar-refractivity contribution < 1.29 is 4.74 Å². The van der Waals surface area contributed by atoms with Crippen LogP contribution in [0.2, 0.25) is 0 Å². The summed E-state index contributed by atoms with van der Waals surface area (Å²) in [6.07, 6.45) is 20.3. The first-order valence-electron chi connectivity index (χ1n) is 6.58. The maximum atomic E-state index is 5.97. The minimum Gasteiger partial charge on any atom is -0.370 e. The number of ether oxygens (including phenoxy) is 1. The zero-order valence-electron chi connectivity index (χ0n) is 10.0. The average molecular weight is 218 g/mol. The molecule has 0 fully saturated rings. The van der Waals surface area contributed by atoms with Crippen LogP contribution in [0, 0.1) is 0 Å². The Balaban J connectivity index is 1.77. The summed E-state index contributed by atoms with van der Waals surface area (Å²) in [6.45, 7) is 0.819. The second-order valence-corrected chi connectivity index (χ2v) is 4.71. The van der Waals surface area contributed by atoms with Crippen molar-refractivity contribution >= 4 is 0 Å². The summed E-state index contributed by atoms with van der Waals surface area (Å²) in [6, 6.07) is 0. The summed E-state index contributed by atoms with van der Waals surface area (Å²) in [5.41, 5.74) is 1.44. The van der Waals surface area contributed by atoms with E-state index in [0.29, 0.717) is 6.10 Å². The van der Waals surface area contributed by atoms with Gasteiger partial charge < -0.3 is 4.74 Å². The molecule has 88 valence electrons. The molecule has 0 N–H and O–H groups in total. The second kappa shape index (κ2) is 6.70. The van der Waals surface area contributed by atoms with Gasteiger partial charge in [0.2, 0.25) is 0 Å². The predicted molar refractivity (Wildman–Crippen MR) is 68.4 cm³/mol. The Bertz CT molecular complexity index is 286. The highest BCUT2D eigenvalue weighted by Crippen LogP contribution is 2.17. The minimum atomic E-state index is 0.354. The van der Waals surface area contributed by atoms with E-state index in [0.717, 1.165) is 6.61 Å². The standard InChI is InChI=1S/C15H22O/c1-2-7-11-15(12-8-3-1)16-13-14-9-5-4-6-10-14/h4-5,7,9,11,15H,1-3,6,8,10,12-13H2. The molecule has 0 amide bonds. The van der Waals surface area contributed by atoms with Gasteiger partial charge in [-0.25, -0.2) is 0 Å². The van der Waals surface area contributed by atoms with Gasteiger partial charge in [0.1, 0.15) is 0 Å². The number of allylic oxidation sites excluding steroid dienone is 4. The molecule has 0 bridgehead atoms. The van der Waals surface area contributed by atoms with Crippen LogP contribution in [0.5, 0.6) is 0 Å². The molecule has 2 aliphatic rings. The van der Waals surface area contributed by atoms with Crippen molar-refractivity contribution in [1.29, 1.82) is 0 Å². The summed E-state index contributed by atoms with van der Waals surface area (Å²) in [5.74, 6) is 0. The van der Waals surface area contributed by atoms with Crippen molar-refractivity contribution in [3.05, 3.63) is 36.0 Å². The van der Waals surface area contributed by atoms with Crippen LogP contribution in [0.15, 0.2) is 36.0 Å². The molecule has 2 aliphatic carbocycles. The van der Waals surface area contributed by atoms with Crippen molar-refractivity contribution in [3.8, 4) is 0 Å². The Hall–Kier alpha value is -0.820. The first kappa shape index (κ1) is 11.7. The Morgan fingerprint density at radius 2 is 2.12 bits per heavy atom. The topological polar surface area (TPSA) is 9.23 Å². The molecule has 1 heteroatoms. The third-order valence-electron chi connectivity index (χ3n) is 3.29. The lowest BCUT2D eigenvalue weighted by atomic mass is 10.0. The van der Waals surface area contributed by atoms with Crippen LogP contribution < -0.4 is 0 Å². The number of hydrogen-bond acceptors (Lipinski definition) is 1. The molecule has 1 nitrogen and oxygen atoms in total. The maximum Gasteiger partial charge on any atom is 0.0760 e. The Morgan fingerprint density at radius 1 is 1.12 bits per heavy atom. The summed E-state index contributed by atoms with van der Waals surface area (Å²) >= 11 is 0.